The number of hydrogen-bond donors (Lipinski definition) is 4. The monoisotopic (exact) mass is 255 g/mol. The largest absolute Gasteiger partial charge is 0.480 e. The minimum Gasteiger partial charge on any atom is -0.480 e. The van der Waals surface area contributed by atoms with Crippen molar-refractivity contribution < 1.29 is 19.8 Å². The van der Waals surface area contributed by atoms with E-state index in [0.29, 0.717) is 0 Å². The fourth-order valence-corrected chi connectivity index (χ4v) is 1.63. The maximum absolute atomic E-state index is 11.7. The van der Waals surface area contributed by atoms with E-state index < -0.39 is 17.9 Å². The van der Waals surface area contributed by atoms with Crippen LogP contribution in [0.25, 0.3) is 0 Å². The average molecular weight is 255 g/mol. The molecule has 18 heavy (non-hydrogen) atoms. The predicted octanol–water partition coefficient (Wildman–Crippen LogP) is -0.479. The number of nitrogens with zero attached hydrogens (tertiary/aromatic N) is 1. The van der Waals surface area contributed by atoms with Crippen molar-refractivity contribution in [1.82, 2.24) is 15.5 Å². The molecule has 0 saturated heterocycles. The number of carboxylic acid groups (broad SMARTS) is 1. The van der Waals surface area contributed by atoms with Gasteiger partial charge in [0, 0.05) is 24.3 Å². The topological polar surface area (TPSA) is 115 Å². The Balaban J connectivity index is 2.63. The van der Waals surface area contributed by atoms with E-state index in [1.807, 2.05) is 0 Å². The van der Waals surface area contributed by atoms with Crippen LogP contribution in [0, 0.1) is 13.8 Å². The molecule has 0 radical (unpaired) electrons. The number of carbonyl (C=O) groups excluding carboxylic acids is 1. The highest BCUT2D eigenvalue weighted by Gasteiger charge is 2.20. The number of aliphatic hydroxyl groups excluding tert-OH is 1. The van der Waals surface area contributed by atoms with Crippen molar-refractivity contribution in [2.45, 2.75) is 32.7 Å². The molecular weight excluding hydrogens is 238 g/mol. The van der Waals surface area contributed by atoms with Crippen LogP contribution in [-0.2, 0) is 16.0 Å². The molecule has 0 unspecified atom stereocenters. The zero-order chi connectivity index (χ0) is 13.7. The van der Waals surface area contributed by atoms with Gasteiger partial charge < -0.3 is 15.5 Å². The van der Waals surface area contributed by atoms with E-state index in [-0.39, 0.29) is 19.4 Å². The highest BCUT2D eigenvalue weighted by molar-refractivity contribution is 5.85. The number of carboxylic acids is 1. The summed E-state index contributed by atoms with van der Waals surface area (Å²) in [7, 11) is 0. The van der Waals surface area contributed by atoms with Gasteiger partial charge in [0.2, 0.25) is 5.91 Å². The second-order valence-corrected chi connectivity index (χ2v) is 4.06. The van der Waals surface area contributed by atoms with Crippen molar-refractivity contribution in [3.05, 3.63) is 17.0 Å². The summed E-state index contributed by atoms with van der Waals surface area (Å²) in [6.45, 7) is 3.28. The van der Waals surface area contributed by atoms with Gasteiger partial charge in [-0.25, -0.2) is 4.79 Å². The van der Waals surface area contributed by atoms with Crippen LogP contribution in [-0.4, -0.2) is 44.9 Å². The SMILES string of the molecule is Cc1n[nH]c(C)c1CC(=O)N[C@H](CCO)C(=O)O. The van der Waals surface area contributed by atoms with E-state index in [0.717, 1.165) is 17.0 Å². The molecule has 0 fully saturated rings. The third-order valence-corrected chi connectivity index (χ3v) is 2.67. The molecule has 0 bridgehead atoms. The second-order valence-electron chi connectivity index (χ2n) is 4.06. The molecule has 0 aromatic carbocycles. The normalized spacial score (nSPS) is 12.2. The maximum atomic E-state index is 11.7. The fourth-order valence-electron chi connectivity index (χ4n) is 1.63. The highest BCUT2D eigenvalue weighted by Crippen LogP contribution is 2.10. The van der Waals surface area contributed by atoms with E-state index in [1.54, 1.807) is 13.8 Å². The first-order chi connectivity index (χ1) is 8.45. The lowest BCUT2D eigenvalue weighted by molar-refractivity contribution is -0.142. The third-order valence-electron chi connectivity index (χ3n) is 2.67. The van der Waals surface area contributed by atoms with Crippen LogP contribution in [0.5, 0.6) is 0 Å². The van der Waals surface area contributed by atoms with Gasteiger partial charge in [0.05, 0.1) is 12.1 Å². The van der Waals surface area contributed by atoms with E-state index in [1.165, 1.54) is 0 Å². The molecule has 1 rings (SSSR count). The number of hydrogen-bond acceptors (Lipinski definition) is 4. The number of aromatic nitrogens is 2. The molecule has 0 aliphatic rings. The van der Waals surface area contributed by atoms with E-state index in [2.05, 4.69) is 15.5 Å². The average Bonchev–Trinajstić information content (AvgIpc) is 2.60. The molecule has 0 spiro atoms. The number of amides is 1. The summed E-state index contributed by atoms with van der Waals surface area (Å²) in [5, 5.41) is 26.6. The molecule has 7 nitrogen and oxygen atoms in total. The minimum atomic E-state index is -1.15. The summed E-state index contributed by atoms with van der Waals surface area (Å²) in [5.41, 5.74) is 2.27. The molecule has 1 aromatic heterocycles. The molecule has 1 aromatic rings. The summed E-state index contributed by atoms with van der Waals surface area (Å²) in [5.74, 6) is -1.55. The number of aryl methyl sites for hydroxylation is 2. The summed E-state index contributed by atoms with van der Waals surface area (Å²) in [6, 6.07) is -1.06. The number of nitrogens with one attached hydrogen (secondary N) is 2. The van der Waals surface area contributed by atoms with Gasteiger partial charge in [-0.15, -0.1) is 0 Å². The van der Waals surface area contributed by atoms with Crippen molar-refractivity contribution in [2.75, 3.05) is 6.61 Å². The molecule has 0 aliphatic carbocycles. The number of carbonyl (C=O) groups is 2. The van der Waals surface area contributed by atoms with Gasteiger partial charge in [-0.1, -0.05) is 0 Å². The number of H-pyrrole nitrogens is 1. The van der Waals surface area contributed by atoms with Crippen molar-refractivity contribution in [1.29, 1.82) is 0 Å². The highest BCUT2D eigenvalue weighted by atomic mass is 16.4. The first-order valence-electron chi connectivity index (χ1n) is 5.59. The van der Waals surface area contributed by atoms with Crippen molar-refractivity contribution in [2.24, 2.45) is 0 Å². The van der Waals surface area contributed by atoms with Crippen LogP contribution in [0.3, 0.4) is 0 Å². The zero-order valence-corrected chi connectivity index (χ0v) is 10.4. The van der Waals surface area contributed by atoms with Gasteiger partial charge in [0.1, 0.15) is 6.04 Å². The Morgan fingerprint density at radius 3 is 2.56 bits per heavy atom. The van der Waals surface area contributed by atoms with Crippen LogP contribution in [0.2, 0.25) is 0 Å². The lowest BCUT2D eigenvalue weighted by Gasteiger charge is -2.13. The number of aliphatic carboxylic acids is 1. The Labute approximate surface area is 104 Å². The van der Waals surface area contributed by atoms with Gasteiger partial charge in [0.15, 0.2) is 0 Å². The first kappa shape index (κ1) is 14.2. The van der Waals surface area contributed by atoms with Crippen molar-refractivity contribution in [3.8, 4) is 0 Å². The summed E-state index contributed by atoms with van der Waals surface area (Å²) < 4.78 is 0. The molecule has 1 atom stereocenters. The Morgan fingerprint density at radius 2 is 2.11 bits per heavy atom. The van der Waals surface area contributed by atoms with Crippen molar-refractivity contribution in [3.63, 3.8) is 0 Å². The predicted molar refractivity (Wildman–Crippen MR) is 63.0 cm³/mol. The standard InChI is InChI=1S/C11H17N3O4/c1-6-8(7(2)14-13-6)5-10(16)12-9(3-4-15)11(17)18/h9,15H,3-5H2,1-2H3,(H,12,16)(H,13,14)(H,17,18)/t9-/m1/s1. The zero-order valence-electron chi connectivity index (χ0n) is 10.4. The Hall–Kier alpha value is -1.89. The lowest BCUT2D eigenvalue weighted by atomic mass is 10.1. The lowest BCUT2D eigenvalue weighted by Crippen LogP contribution is -2.42. The van der Waals surface area contributed by atoms with Crippen LogP contribution in [0.4, 0.5) is 0 Å². The summed E-state index contributed by atoms with van der Waals surface area (Å²) >= 11 is 0. The molecule has 7 heteroatoms. The Bertz CT molecular complexity index is 422. The minimum absolute atomic E-state index is 0.00950. The fraction of sp³-hybridized carbons (Fsp3) is 0.545. The Kier molecular flexibility index (Phi) is 4.85. The molecule has 0 aliphatic heterocycles. The third kappa shape index (κ3) is 3.56. The number of aliphatic hydroxyl groups is 1. The summed E-state index contributed by atoms with van der Waals surface area (Å²) in [4.78, 5) is 22.5. The smallest absolute Gasteiger partial charge is 0.326 e. The second kappa shape index (κ2) is 6.15. The van der Waals surface area contributed by atoms with Gasteiger partial charge in [-0.05, 0) is 13.8 Å². The molecule has 1 heterocycles. The van der Waals surface area contributed by atoms with Gasteiger partial charge in [-0.3, -0.25) is 9.89 Å². The van der Waals surface area contributed by atoms with E-state index in [9.17, 15) is 9.59 Å². The molecule has 4 N–H and O–H groups in total. The van der Waals surface area contributed by atoms with Crippen LogP contribution in [0.15, 0.2) is 0 Å². The van der Waals surface area contributed by atoms with Crippen LogP contribution < -0.4 is 5.32 Å². The van der Waals surface area contributed by atoms with Gasteiger partial charge in [-0.2, -0.15) is 5.10 Å². The molecular formula is C11H17N3O4. The Morgan fingerprint density at radius 1 is 1.44 bits per heavy atom. The maximum Gasteiger partial charge on any atom is 0.326 e. The van der Waals surface area contributed by atoms with Crippen LogP contribution in [0.1, 0.15) is 23.4 Å². The first-order valence-corrected chi connectivity index (χ1v) is 5.59. The van der Waals surface area contributed by atoms with Crippen molar-refractivity contribution >= 4 is 11.9 Å². The molecule has 1 amide bonds. The quantitative estimate of drug-likeness (QED) is 0.548. The summed E-state index contributed by atoms with van der Waals surface area (Å²) in [6.07, 6.45) is 0.0633. The number of aromatic amines is 1. The van der Waals surface area contributed by atoms with Gasteiger partial charge >= 0.3 is 5.97 Å². The van der Waals surface area contributed by atoms with E-state index >= 15 is 0 Å². The molecule has 0 saturated carbocycles. The van der Waals surface area contributed by atoms with E-state index in [4.69, 9.17) is 10.2 Å². The van der Waals surface area contributed by atoms with Gasteiger partial charge in [0.25, 0.3) is 0 Å². The molecule has 100 valence electrons. The van der Waals surface area contributed by atoms with Crippen LogP contribution >= 0.6 is 0 Å². The number of rotatable bonds is 6.